The number of nitro benzene ring substituents is 1. The van der Waals surface area contributed by atoms with Crippen LogP contribution in [-0.4, -0.2) is 36.2 Å². The van der Waals surface area contributed by atoms with Gasteiger partial charge in [0.25, 0.3) is 5.69 Å². The molecule has 2 aromatic heterocycles. The number of Topliss-reactive ketones (excluding diaryl/α,β-unsaturated/α-hetero) is 1. The van der Waals surface area contributed by atoms with E-state index < -0.39 is 4.92 Å². The summed E-state index contributed by atoms with van der Waals surface area (Å²) in [6.45, 7) is 2.62. The molecule has 0 amide bonds. The number of aromatic nitrogens is 4. The van der Waals surface area contributed by atoms with E-state index in [1.165, 1.54) is 36.0 Å². The van der Waals surface area contributed by atoms with Crippen LogP contribution in [0.2, 0.25) is 0 Å². The second-order valence-electron chi connectivity index (χ2n) is 5.28. The van der Waals surface area contributed by atoms with Gasteiger partial charge in [0.05, 0.1) is 10.7 Å². The summed E-state index contributed by atoms with van der Waals surface area (Å²) >= 11 is 1.28. The van der Waals surface area contributed by atoms with Crippen molar-refractivity contribution in [3.05, 3.63) is 64.3 Å². The van der Waals surface area contributed by atoms with Crippen LogP contribution in [0, 0.1) is 10.1 Å². The van der Waals surface area contributed by atoms with Crippen LogP contribution < -0.4 is 0 Å². The van der Waals surface area contributed by atoms with Crippen molar-refractivity contribution in [1.82, 2.24) is 19.7 Å². The molecule has 0 saturated heterocycles. The quantitative estimate of drug-likeness (QED) is 0.272. The molecule has 8 nitrogen and oxygen atoms in total. The normalized spacial score (nSPS) is 10.7. The lowest BCUT2D eigenvalue weighted by Gasteiger charge is -2.06. The fourth-order valence-corrected chi connectivity index (χ4v) is 3.24. The molecule has 9 heteroatoms. The van der Waals surface area contributed by atoms with Crippen LogP contribution in [-0.2, 0) is 6.54 Å². The standard InChI is InChI=1S/C17H15N5O3S/c1-2-21-16(14-5-3-4-10-18-14)19-20-17(21)26-11-15(23)12-6-8-13(9-7-12)22(24)25/h3-10H,2,11H2,1H3. The Morgan fingerprint density at radius 1 is 1.19 bits per heavy atom. The lowest BCUT2D eigenvalue weighted by atomic mass is 10.1. The average Bonchev–Trinajstić information content (AvgIpc) is 3.09. The van der Waals surface area contributed by atoms with Crippen LogP contribution in [0.3, 0.4) is 0 Å². The molecule has 1 aromatic carbocycles. The Hall–Kier alpha value is -3.07. The van der Waals surface area contributed by atoms with Crippen LogP contribution in [0.25, 0.3) is 11.5 Å². The molecule has 0 bridgehead atoms. The molecular weight excluding hydrogens is 354 g/mol. The van der Waals surface area contributed by atoms with Crippen molar-refractivity contribution in [3.63, 3.8) is 0 Å². The van der Waals surface area contributed by atoms with E-state index in [9.17, 15) is 14.9 Å². The summed E-state index contributed by atoms with van der Waals surface area (Å²) in [5, 5.41) is 19.6. The van der Waals surface area contributed by atoms with Crippen molar-refractivity contribution in [2.24, 2.45) is 0 Å². The van der Waals surface area contributed by atoms with Crippen molar-refractivity contribution in [2.45, 2.75) is 18.6 Å². The van der Waals surface area contributed by atoms with Gasteiger partial charge in [-0.1, -0.05) is 17.8 Å². The summed E-state index contributed by atoms with van der Waals surface area (Å²) in [6, 6.07) is 11.1. The van der Waals surface area contributed by atoms with Crippen molar-refractivity contribution in [3.8, 4) is 11.5 Å². The van der Waals surface area contributed by atoms with Crippen LogP contribution >= 0.6 is 11.8 Å². The van der Waals surface area contributed by atoms with Gasteiger partial charge in [0.1, 0.15) is 5.69 Å². The van der Waals surface area contributed by atoms with Crippen LogP contribution in [0.5, 0.6) is 0 Å². The van der Waals surface area contributed by atoms with Gasteiger partial charge in [0.2, 0.25) is 0 Å². The molecule has 3 aromatic rings. The monoisotopic (exact) mass is 369 g/mol. The second-order valence-corrected chi connectivity index (χ2v) is 6.22. The molecule has 0 atom stereocenters. The van der Waals surface area contributed by atoms with Crippen molar-refractivity contribution in [2.75, 3.05) is 5.75 Å². The molecule has 26 heavy (non-hydrogen) atoms. The van der Waals surface area contributed by atoms with Crippen LogP contribution in [0.1, 0.15) is 17.3 Å². The van der Waals surface area contributed by atoms with E-state index in [4.69, 9.17) is 0 Å². The van der Waals surface area contributed by atoms with Gasteiger partial charge in [-0.15, -0.1) is 10.2 Å². The van der Waals surface area contributed by atoms with E-state index >= 15 is 0 Å². The third-order valence-electron chi connectivity index (χ3n) is 3.66. The fraction of sp³-hybridized carbons (Fsp3) is 0.176. The number of benzene rings is 1. The maximum absolute atomic E-state index is 12.3. The highest BCUT2D eigenvalue weighted by Gasteiger charge is 2.16. The first-order valence-electron chi connectivity index (χ1n) is 7.85. The Morgan fingerprint density at radius 3 is 2.58 bits per heavy atom. The first kappa shape index (κ1) is 17.7. The minimum absolute atomic E-state index is 0.0417. The average molecular weight is 369 g/mol. The molecule has 0 aliphatic rings. The zero-order valence-electron chi connectivity index (χ0n) is 13.9. The van der Waals surface area contributed by atoms with E-state index in [-0.39, 0.29) is 17.2 Å². The Bertz CT molecular complexity index is 925. The van der Waals surface area contributed by atoms with Crippen LogP contribution in [0.4, 0.5) is 5.69 Å². The highest BCUT2D eigenvalue weighted by atomic mass is 32.2. The molecule has 0 aliphatic carbocycles. The van der Waals surface area contributed by atoms with Gasteiger partial charge in [-0.3, -0.25) is 19.9 Å². The number of hydrogen-bond donors (Lipinski definition) is 0. The van der Waals surface area contributed by atoms with Gasteiger partial charge in [0.15, 0.2) is 16.8 Å². The minimum atomic E-state index is -0.494. The van der Waals surface area contributed by atoms with Crippen molar-refractivity contribution in [1.29, 1.82) is 0 Å². The number of hydrogen-bond acceptors (Lipinski definition) is 7. The van der Waals surface area contributed by atoms with E-state index in [1.54, 1.807) is 6.20 Å². The van der Waals surface area contributed by atoms with Gasteiger partial charge in [-0.2, -0.15) is 0 Å². The summed E-state index contributed by atoms with van der Waals surface area (Å²) in [7, 11) is 0. The molecule has 0 unspecified atom stereocenters. The number of pyridine rings is 1. The maximum Gasteiger partial charge on any atom is 0.269 e. The van der Waals surface area contributed by atoms with Gasteiger partial charge in [-0.05, 0) is 31.2 Å². The summed E-state index contributed by atoms with van der Waals surface area (Å²) < 4.78 is 1.90. The number of carbonyl (C=O) groups is 1. The van der Waals surface area contributed by atoms with Gasteiger partial charge >= 0.3 is 0 Å². The van der Waals surface area contributed by atoms with E-state index in [0.29, 0.717) is 23.1 Å². The largest absolute Gasteiger partial charge is 0.301 e. The van der Waals surface area contributed by atoms with E-state index in [0.717, 1.165) is 5.69 Å². The predicted octanol–water partition coefficient (Wildman–Crippen LogP) is 3.24. The number of nitrogens with zero attached hydrogens (tertiary/aromatic N) is 5. The Kier molecular flexibility index (Phi) is 5.37. The van der Waals surface area contributed by atoms with Gasteiger partial charge in [0, 0.05) is 30.4 Å². The first-order valence-corrected chi connectivity index (χ1v) is 8.83. The predicted molar refractivity (Wildman–Crippen MR) is 97.1 cm³/mol. The van der Waals surface area contributed by atoms with E-state index in [2.05, 4.69) is 15.2 Å². The van der Waals surface area contributed by atoms with Gasteiger partial charge in [-0.25, -0.2) is 0 Å². The summed E-state index contributed by atoms with van der Waals surface area (Å²) in [6.07, 6.45) is 1.69. The lowest BCUT2D eigenvalue weighted by Crippen LogP contribution is -2.05. The smallest absolute Gasteiger partial charge is 0.269 e. The molecule has 0 N–H and O–H groups in total. The Labute approximate surface area is 153 Å². The molecule has 0 aliphatic heterocycles. The molecule has 2 heterocycles. The summed E-state index contributed by atoms with van der Waals surface area (Å²) in [5.41, 5.74) is 1.10. The Balaban J connectivity index is 1.72. The van der Waals surface area contributed by atoms with Crippen molar-refractivity contribution < 1.29 is 9.72 Å². The fourth-order valence-electron chi connectivity index (χ4n) is 2.35. The first-order chi connectivity index (χ1) is 12.6. The third-order valence-corrected chi connectivity index (χ3v) is 4.63. The third kappa shape index (κ3) is 3.77. The molecule has 0 radical (unpaired) electrons. The molecule has 0 saturated carbocycles. The molecule has 0 fully saturated rings. The summed E-state index contributed by atoms with van der Waals surface area (Å²) in [4.78, 5) is 26.8. The van der Waals surface area contributed by atoms with Crippen LogP contribution in [0.15, 0.2) is 53.8 Å². The lowest BCUT2D eigenvalue weighted by molar-refractivity contribution is -0.384. The van der Waals surface area contributed by atoms with Gasteiger partial charge < -0.3 is 4.57 Å². The Morgan fingerprint density at radius 2 is 1.96 bits per heavy atom. The number of nitro groups is 1. The number of non-ortho nitro benzene ring substituents is 1. The summed E-state index contributed by atoms with van der Waals surface area (Å²) in [5.74, 6) is 0.686. The number of carbonyl (C=O) groups excluding carboxylic acids is 1. The molecule has 0 spiro atoms. The highest BCUT2D eigenvalue weighted by molar-refractivity contribution is 7.99. The van der Waals surface area contributed by atoms with E-state index in [1.807, 2.05) is 29.7 Å². The maximum atomic E-state index is 12.3. The molecular formula is C17H15N5O3S. The number of thioether (sulfide) groups is 1. The topological polar surface area (TPSA) is 104 Å². The highest BCUT2D eigenvalue weighted by Crippen LogP contribution is 2.23. The zero-order valence-corrected chi connectivity index (χ0v) is 14.7. The molecule has 132 valence electrons. The van der Waals surface area contributed by atoms with Crippen molar-refractivity contribution >= 4 is 23.2 Å². The SMILES string of the molecule is CCn1c(SCC(=O)c2ccc([N+](=O)[O-])cc2)nnc1-c1ccccn1. The minimum Gasteiger partial charge on any atom is -0.301 e. The number of ketones is 1. The zero-order chi connectivity index (χ0) is 18.5. The molecule has 3 rings (SSSR count). The number of rotatable bonds is 7. The second kappa shape index (κ2) is 7.87.